The number of thiazole rings is 1. The molecule has 2 aromatic rings. The third kappa shape index (κ3) is 2.47. The van der Waals surface area contributed by atoms with Gasteiger partial charge in [-0.25, -0.2) is 14.8 Å². The topological polar surface area (TPSA) is 75.1 Å². The van der Waals surface area contributed by atoms with Gasteiger partial charge in [-0.15, -0.1) is 11.3 Å². The van der Waals surface area contributed by atoms with E-state index in [1.807, 2.05) is 0 Å². The third-order valence-corrected chi connectivity index (χ3v) is 2.59. The number of halogens is 1. The molecular formula is C9H6ClN3O2S. The molecule has 0 atom stereocenters. The highest BCUT2D eigenvalue weighted by Gasteiger charge is 2.08. The van der Waals surface area contributed by atoms with Crippen molar-refractivity contribution in [2.75, 3.05) is 5.32 Å². The maximum Gasteiger partial charge on any atom is 0.335 e. The molecule has 2 heterocycles. The largest absolute Gasteiger partial charge is 0.478 e. The minimum atomic E-state index is -1.05. The van der Waals surface area contributed by atoms with Crippen LogP contribution in [-0.4, -0.2) is 21.0 Å². The molecule has 0 amide bonds. The van der Waals surface area contributed by atoms with Gasteiger partial charge in [0.2, 0.25) is 0 Å². The summed E-state index contributed by atoms with van der Waals surface area (Å²) in [5.41, 5.74) is 0.0825. The number of aromatic carboxylic acids is 1. The maximum atomic E-state index is 10.8. The van der Waals surface area contributed by atoms with Gasteiger partial charge >= 0.3 is 5.97 Å². The molecular weight excluding hydrogens is 250 g/mol. The van der Waals surface area contributed by atoms with Gasteiger partial charge in [0, 0.05) is 11.6 Å². The number of anilines is 2. The van der Waals surface area contributed by atoms with Crippen molar-refractivity contribution in [3.63, 3.8) is 0 Å². The van der Waals surface area contributed by atoms with E-state index in [-0.39, 0.29) is 10.7 Å². The van der Waals surface area contributed by atoms with Crippen LogP contribution in [0.5, 0.6) is 0 Å². The summed E-state index contributed by atoms with van der Waals surface area (Å²) in [6, 6.07) is 2.69. The van der Waals surface area contributed by atoms with Gasteiger partial charge in [-0.05, 0) is 12.1 Å². The summed E-state index contributed by atoms with van der Waals surface area (Å²) in [7, 11) is 0. The fraction of sp³-hybridized carbons (Fsp3) is 0. The Labute approximate surface area is 99.7 Å². The highest BCUT2D eigenvalue weighted by molar-refractivity contribution is 7.13. The number of rotatable bonds is 3. The number of pyridine rings is 1. The molecule has 0 aliphatic carbocycles. The van der Waals surface area contributed by atoms with Crippen molar-refractivity contribution in [2.24, 2.45) is 0 Å². The zero-order valence-corrected chi connectivity index (χ0v) is 9.42. The predicted molar refractivity (Wildman–Crippen MR) is 61.6 cm³/mol. The molecule has 0 saturated carbocycles. The Bertz CT molecular complexity index is 515. The van der Waals surface area contributed by atoms with Crippen LogP contribution in [0.25, 0.3) is 0 Å². The molecule has 82 valence electrons. The molecule has 0 aliphatic rings. The Hall–Kier alpha value is -1.66. The molecule has 0 bridgehead atoms. The molecule has 7 heteroatoms. The first-order valence-corrected chi connectivity index (χ1v) is 5.48. The van der Waals surface area contributed by atoms with E-state index in [1.54, 1.807) is 11.6 Å². The molecule has 5 nitrogen and oxygen atoms in total. The summed E-state index contributed by atoms with van der Waals surface area (Å²) in [4.78, 5) is 18.7. The lowest BCUT2D eigenvalue weighted by Crippen LogP contribution is -2.00. The molecule has 0 aliphatic heterocycles. The lowest BCUT2D eigenvalue weighted by Gasteiger charge is -2.03. The van der Waals surface area contributed by atoms with E-state index >= 15 is 0 Å². The number of hydrogen-bond acceptors (Lipinski definition) is 5. The summed E-state index contributed by atoms with van der Waals surface area (Å²) < 4.78 is 0. The molecule has 0 fully saturated rings. The number of carboxylic acids is 1. The number of nitrogens with zero attached hydrogens (tertiary/aromatic N) is 2. The van der Waals surface area contributed by atoms with E-state index in [9.17, 15) is 4.79 Å². The predicted octanol–water partition coefficient (Wildman–Crippen LogP) is 2.63. The lowest BCUT2D eigenvalue weighted by molar-refractivity contribution is 0.0697. The minimum Gasteiger partial charge on any atom is -0.478 e. The fourth-order valence-electron chi connectivity index (χ4n) is 1.08. The van der Waals surface area contributed by atoms with Crippen LogP contribution in [0.4, 0.5) is 10.9 Å². The van der Waals surface area contributed by atoms with Crippen molar-refractivity contribution < 1.29 is 9.90 Å². The van der Waals surface area contributed by atoms with E-state index in [4.69, 9.17) is 16.7 Å². The van der Waals surface area contributed by atoms with Crippen molar-refractivity contribution in [1.29, 1.82) is 0 Å². The van der Waals surface area contributed by atoms with Crippen molar-refractivity contribution in [3.05, 3.63) is 34.4 Å². The summed E-state index contributed by atoms with van der Waals surface area (Å²) in [6.07, 6.45) is 1.63. The number of aromatic nitrogens is 2. The SMILES string of the molecule is O=C(O)c1cc(Cl)nc(Nc2nccs2)c1. The first-order valence-electron chi connectivity index (χ1n) is 4.22. The van der Waals surface area contributed by atoms with Crippen LogP contribution in [0.3, 0.4) is 0 Å². The second kappa shape index (κ2) is 4.46. The van der Waals surface area contributed by atoms with Crippen molar-refractivity contribution in [3.8, 4) is 0 Å². The van der Waals surface area contributed by atoms with Gasteiger partial charge in [-0.2, -0.15) is 0 Å². The summed E-state index contributed by atoms with van der Waals surface area (Å²) in [6.45, 7) is 0. The molecule has 0 aromatic carbocycles. The Morgan fingerprint density at radius 2 is 2.31 bits per heavy atom. The minimum absolute atomic E-state index is 0.0825. The zero-order valence-electron chi connectivity index (χ0n) is 7.85. The van der Waals surface area contributed by atoms with Gasteiger partial charge in [0.05, 0.1) is 5.56 Å². The Kier molecular flexibility index (Phi) is 3.02. The Morgan fingerprint density at radius 3 is 2.94 bits per heavy atom. The van der Waals surface area contributed by atoms with Crippen LogP contribution in [0.1, 0.15) is 10.4 Å². The standard InChI is InChI=1S/C9H6ClN3O2S/c10-6-3-5(8(14)15)4-7(12-6)13-9-11-1-2-16-9/h1-4H,(H,14,15)(H,11,12,13). The monoisotopic (exact) mass is 255 g/mol. The highest BCUT2D eigenvalue weighted by Crippen LogP contribution is 2.20. The second-order valence-corrected chi connectivity index (χ2v) is 4.11. The van der Waals surface area contributed by atoms with Crippen LogP contribution in [0, 0.1) is 0 Å². The fourth-order valence-corrected chi connectivity index (χ4v) is 1.82. The average Bonchev–Trinajstić information content (AvgIpc) is 2.69. The first-order chi connectivity index (χ1) is 7.65. The van der Waals surface area contributed by atoms with Crippen LogP contribution in [-0.2, 0) is 0 Å². The Morgan fingerprint density at radius 1 is 1.50 bits per heavy atom. The molecule has 0 unspecified atom stereocenters. The third-order valence-electron chi connectivity index (χ3n) is 1.71. The lowest BCUT2D eigenvalue weighted by atomic mass is 10.2. The molecule has 2 N–H and O–H groups in total. The smallest absolute Gasteiger partial charge is 0.335 e. The molecule has 0 radical (unpaired) electrons. The van der Waals surface area contributed by atoms with Gasteiger partial charge in [0.1, 0.15) is 11.0 Å². The number of carbonyl (C=O) groups is 1. The van der Waals surface area contributed by atoms with E-state index in [2.05, 4.69) is 15.3 Å². The highest BCUT2D eigenvalue weighted by atomic mass is 35.5. The normalized spacial score (nSPS) is 10.1. The van der Waals surface area contributed by atoms with Crippen LogP contribution < -0.4 is 5.32 Å². The van der Waals surface area contributed by atoms with Crippen LogP contribution in [0.15, 0.2) is 23.7 Å². The van der Waals surface area contributed by atoms with Crippen molar-refractivity contribution >= 4 is 39.9 Å². The Balaban J connectivity index is 2.31. The number of carboxylic acid groups (broad SMARTS) is 1. The molecule has 2 rings (SSSR count). The molecule has 16 heavy (non-hydrogen) atoms. The number of hydrogen-bond donors (Lipinski definition) is 2. The summed E-state index contributed by atoms with van der Waals surface area (Å²) in [5.74, 6) is -0.689. The zero-order chi connectivity index (χ0) is 11.5. The van der Waals surface area contributed by atoms with E-state index < -0.39 is 5.97 Å². The summed E-state index contributed by atoms with van der Waals surface area (Å²) >= 11 is 7.09. The molecule has 0 saturated heterocycles. The summed E-state index contributed by atoms with van der Waals surface area (Å²) in [5, 5.41) is 14.3. The first kappa shape index (κ1) is 10.8. The maximum absolute atomic E-state index is 10.8. The van der Waals surface area contributed by atoms with Gasteiger partial charge in [0.25, 0.3) is 0 Å². The molecule has 2 aromatic heterocycles. The number of nitrogens with one attached hydrogen (secondary N) is 1. The van der Waals surface area contributed by atoms with E-state index in [0.29, 0.717) is 10.9 Å². The van der Waals surface area contributed by atoms with Gasteiger partial charge < -0.3 is 10.4 Å². The van der Waals surface area contributed by atoms with Crippen LogP contribution >= 0.6 is 22.9 Å². The van der Waals surface area contributed by atoms with Crippen molar-refractivity contribution in [1.82, 2.24) is 9.97 Å². The van der Waals surface area contributed by atoms with Crippen molar-refractivity contribution in [2.45, 2.75) is 0 Å². The van der Waals surface area contributed by atoms with Crippen LogP contribution in [0.2, 0.25) is 5.15 Å². The van der Waals surface area contributed by atoms with E-state index in [1.165, 1.54) is 23.5 Å². The second-order valence-electron chi connectivity index (χ2n) is 2.83. The van der Waals surface area contributed by atoms with E-state index in [0.717, 1.165) is 0 Å². The average molecular weight is 256 g/mol. The van der Waals surface area contributed by atoms with Gasteiger partial charge in [-0.1, -0.05) is 11.6 Å². The molecule has 0 spiro atoms. The van der Waals surface area contributed by atoms with Gasteiger partial charge in [0.15, 0.2) is 5.13 Å². The van der Waals surface area contributed by atoms with Gasteiger partial charge in [-0.3, -0.25) is 0 Å². The quantitative estimate of drug-likeness (QED) is 0.825.